The van der Waals surface area contributed by atoms with Crippen LogP contribution in [0.15, 0.2) is 22.8 Å². The Balaban J connectivity index is 2.52. The topological polar surface area (TPSA) is 22.1 Å². The molecule has 1 heterocycles. The van der Waals surface area contributed by atoms with Gasteiger partial charge in [0.2, 0.25) is 5.88 Å². The average molecular weight is 281 g/mol. The van der Waals surface area contributed by atoms with Gasteiger partial charge in [-0.2, -0.15) is 0 Å². The Morgan fingerprint density at radius 3 is 2.82 bits per heavy atom. The van der Waals surface area contributed by atoms with Crippen molar-refractivity contribution in [3.63, 3.8) is 0 Å². The molecule has 0 amide bonds. The molecule has 1 rings (SSSR count). The van der Waals surface area contributed by atoms with E-state index in [0.29, 0.717) is 12.5 Å². The summed E-state index contributed by atoms with van der Waals surface area (Å²) in [6.07, 6.45) is 1.71. The average Bonchev–Trinajstić information content (AvgIpc) is 2.04. The third kappa shape index (κ3) is 3.20. The third-order valence-corrected chi connectivity index (χ3v) is 1.82. The first-order valence-corrected chi connectivity index (χ1v) is 5.04. The molecule has 0 atom stereocenters. The summed E-state index contributed by atoms with van der Waals surface area (Å²) in [6.45, 7) is 0.647. The standard InChI is InChI=1S/C7H7Br2NO/c8-3-4-11-7-2-1-6(9)5-10-7/h1-2,5H,3-4H2. The van der Waals surface area contributed by atoms with E-state index in [9.17, 15) is 0 Å². The smallest absolute Gasteiger partial charge is 0.213 e. The molecule has 2 nitrogen and oxygen atoms in total. The van der Waals surface area contributed by atoms with Gasteiger partial charge >= 0.3 is 0 Å². The van der Waals surface area contributed by atoms with Crippen LogP contribution in [0.1, 0.15) is 0 Å². The van der Waals surface area contributed by atoms with Crippen LogP contribution in [0, 0.1) is 0 Å². The molecule has 0 aliphatic heterocycles. The van der Waals surface area contributed by atoms with Crippen molar-refractivity contribution in [1.29, 1.82) is 0 Å². The molecular weight excluding hydrogens is 274 g/mol. The van der Waals surface area contributed by atoms with Gasteiger partial charge in [-0.3, -0.25) is 0 Å². The second kappa shape index (κ2) is 4.72. The summed E-state index contributed by atoms with van der Waals surface area (Å²) in [5.41, 5.74) is 0. The predicted molar refractivity (Wildman–Crippen MR) is 51.2 cm³/mol. The Hall–Kier alpha value is -0.0900. The van der Waals surface area contributed by atoms with Gasteiger partial charge in [0.15, 0.2) is 0 Å². The zero-order valence-electron chi connectivity index (χ0n) is 5.76. The van der Waals surface area contributed by atoms with Crippen molar-refractivity contribution >= 4 is 31.9 Å². The van der Waals surface area contributed by atoms with E-state index in [2.05, 4.69) is 36.8 Å². The number of ether oxygens (including phenoxy) is 1. The Kier molecular flexibility index (Phi) is 3.86. The van der Waals surface area contributed by atoms with Crippen LogP contribution in [0.4, 0.5) is 0 Å². The van der Waals surface area contributed by atoms with Crippen LogP contribution >= 0.6 is 31.9 Å². The molecule has 0 aromatic carbocycles. The van der Waals surface area contributed by atoms with Gasteiger partial charge in [0.05, 0.1) is 6.61 Å². The molecule has 11 heavy (non-hydrogen) atoms. The van der Waals surface area contributed by atoms with E-state index in [1.165, 1.54) is 0 Å². The summed E-state index contributed by atoms with van der Waals surface area (Å²) in [7, 11) is 0. The molecule has 60 valence electrons. The fraction of sp³-hybridized carbons (Fsp3) is 0.286. The first kappa shape index (κ1) is 9.00. The normalized spacial score (nSPS) is 9.64. The molecule has 0 fully saturated rings. The molecule has 0 spiro atoms. The summed E-state index contributed by atoms with van der Waals surface area (Å²) < 4.78 is 6.19. The van der Waals surface area contributed by atoms with Crippen LogP contribution in [0.25, 0.3) is 0 Å². The molecule has 0 saturated heterocycles. The molecule has 0 bridgehead atoms. The molecule has 1 aromatic rings. The van der Waals surface area contributed by atoms with E-state index in [1.807, 2.05) is 12.1 Å². The molecule has 0 aliphatic rings. The largest absolute Gasteiger partial charge is 0.477 e. The van der Waals surface area contributed by atoms with E-state index in [4.69, 9.17) is 4.74 Å². The minimum atomic E-state index is 0.647. The van der Waals surface area contributed by atoms with Gasteiger partial charge in [-0.05, 0) is 22.0 Å². The highest BCUT2D eigenvalue weighted by Crippen LogP contribution is 2.11. The number of aromatic nitrogens is 1. The number of halogens is 2. The number of pyridine rings is 1. The Bertz CT molecular complexity index is 212. The lowest BCUT2D eigenvalue weighted by Gasteiger charge is -2.00. The van der Waals surface area contributed by atoms with Crippen LogP contribution in [0.5, 0.6) is 5.88 Å². The second-order valence-electron chi connectivity index (χ2n) is 1.85. The lowest BCUT2D eigenvalue weighted by Crippen LogP contribution is -1.98. The minimum Gasteiger partial charge on any atom is -0.477 e. The van der Waals surface area contributed by atoms with Gasteiger partial charge in [0.1, 0.15) is 0 Å². The van der Waals surface area contributed by atoms with Crippen LogP contribution in [0.2, 0.25) is 0 Å². The van der Waals surface area contributed by atoms with E-state index < -0.39 is 0 Å². The SMILES string of the molecule is BrCCOc1ccc(Br)cn1. The maximum atomic E-state index is 5.23. The third-order valence-electron chi connectivity index (χ3n) is 1.03. The van der Waals surface area contributed by atoms with Gasteiger partial charge in [-0.15, -0.1) is 0 Å². The number of alkyl halides is 1. The molecule has 0 aliphatic carbocycles. The fourth-order valence-electron chi connectivity index (χ4n) is 0.591. The number of rotatable bonds is 3. The van der Waals surface area contributed by atoms with Crippen molar-refractivity contribution in [3.8, 4) is 5.88 Å². The highest BCUT2D eigenvalue weighted by molar-refractivity contribution is 9.10. The van der Waals surface area contributed by atoms with Crippen LogP contribution in [-0.4, -0.2) is 16.9 Å². The van der Waals surface area contributed by atoms with Crippen LogP contribution in [-0.2, 0) is 0 Å². The molecule has 0 saturated carbocycles. The van der Waals surface area contributed by atoms with Gasteiger partial charge in [-0.25, -0.2) is 4.98 Å². The summed E-state index contributed by atoms with van der Waals surface area (Å²) in [4.78, 5) is 4.03. The van der Waals surface area contributed by atoms with Crippen LogP contribution < -0.4 is 4.74 Å². The van der Waals surface area contributed by atoms with Gasteiger partial charge in [-0.1, -0.05) is 15.9 Å². The number of hydrogen-bond acceptors (Lipinski definition) is 2. The summed E-state index contributed by atoms with van der Waals surface area (Å²) in [6, 6.07) is 3.73. The maximum absolute atomic E-state index is 5.23. The Morgan fingerprint density at radius 1 is 1.45 bits per heavy atom. The van der Waals surface area contributed by atoms with Crippen LogP contribution in [0.3, 0.4) is 0 Å². The maximum Gasteiger partial charge on any atom is 0.213 e. The number of nitrogens with zero attached hydrogens (tertiary/aromatic N) is 1. The first-order chi connectivity index (χ1) is 5.33. The Labute approximate surface area is 82.2 Å². The molecular formula is C7H7Br2NO. The van der Waals surface area contributed by atoms with Crippen molar-refractivity contribution in [2.75, 3.05) is 11.9 Å². The van der Waals surface area contributed by atoms with Crippen molar-refractivity contribution in [2.24, 2.45) is 0 Å². The highest BCUT2D eigenvalue weighted by Gasteiger charge is 1.92. The summed E-state index contributed by atoms with van der Waals surface area (Å²) >= 11 is 6.55. The van der Waals surface area contributed by atoms with Gasteiger partial charge in [0.25, 0.3) is 0 Å². The molecule has 0 N–H and O–H groups in total. The van der Waals surface area contributed by atoms with E-state index >= 15 is 0 Å². The molecule has 4 heteroatoms. The van der Waals surface area contributed by atoms with Crippen molar-refractivity contribution < 1.29 is 4.74 Å². The highest BCUT2D eigenvalue weighted by atomic mass is 79.9. The van der Waals surface area contributed by atoms with Crippen molar-refractivity contribution in [2.45, 2.75) is 0 Å². The van der Waals surface area contributed by atoms with E-state index in [1.54, 1.807) is 6.20 Å². The lowest BCUT2D eigenvalue weighted by atomic mass is 10.5. The zero-order valence-corrected chi connectivity index (χ0v) is 8.93. The first-order valence-electron chi connectivity index (χ1n) is 3.13. The Morgan fingerprint density at radius 2 is 2.27 bits per heavy atom. The fourth-order valence-corrected chi connectivity index (χ4v) is 0.987. The second-order valence-corrected chi connectivity index (χ2v) is 3.56. The van der Waals surface area contributed by atoms with E-state index in [-0.39, 0.29) is 0 Å². The molecule has 1 aromatic heterocycles. The molecule has 0 unspecified atom stereocenters. The predicted octanol–water partition coefficient (Wildman–Crippen LogP) is 2.62. The van der Waals surface area contributed by atoms with Crippen molar-refractivity contribution in [3.05, 3.63) is 22.8 Å². The van der Waals surface area contributed by atoms with Gasteiger partial charge < -0.3 is 4.74 Å². The van der Waals surface area contributed by atoms with Gasteiger partial charge in [0, 0.05) is 22.1 Å². The zero-order chi connectivity index (χ0) is 8.10. The molecule has 0 radical (unpaired) electrons. The quantitative estimate of drug-likeness (QED) is 0.794. The van der Waals surface area contributed by atoms with E-state index in [0.717, 1.165) is 9.80 Å². The van der Waals surface area contributed by atoms with Crippen molar-refractivity contribution in [1.82, 2.24) is 4.98 Å². The summed E-state index contributed by atoms with van der Waals surface area (Å²) in [5, 5.41) is 0.824. The number of hydrogen-bond donors (Lipinski definition) is 0. The summed E-state index contributed by atoms with van der Waals surface area (Å²) in [5.74, 6) is 0.660. The monoisotopic (exact) mass is 279 g/mol. The minimum absolute atomic E-state index is 0.647. The lowest BCUT2D eigenvalue weighted by molar-refractivity contribution is 0.331.